The molecule has 1 aromatic rings. The van der Waals surface area contributed by atoms with Crippen molar-refractivity contribution in [2.24, 2.45) is 5.73 Å². The molecule has 0 radical (unpaired) electrons. The van der Waals surface area contributed by atoms with Crippen LogP contribution in [-0.2, 0) is 0 Å². The molecule has 1 amide bonds. The van der Waals surface area contributed by atoms with Crippen LogP contribution in [0.2, 0.25) is 0 Å². The molecule has 0 heterocycles. The average Bonchev–Trinajstić information content (AvgIpc) is 2.25. The summed E-state index contributed by atoms with van der Waals surface area (Å²) in [7, 11) is 1.48. The first-order chi connectivity index (χ1) is 7.54. The summed E-state index contributed by atoms with van der Waals surface area (Å²) in [6, 6.07) is 4.87. The first-order valence-corrected chi connectivity index (χ1v) is 5.23. The number of hydrogen-bond acceptors (Lipinski definition) is 3. The summed E-state index contributed by atoms with van der Waals surface area (Å²) in [4.78, 5) is 11.1. The van der Waals surface area contributed by atoms with Gasteiger partial charge in [-0.1, -0.05) is 0 Å². The molecule has 1 atom stereocenters. The molecule has 0 aliphatic heterocycles. The fourth-order valence-electron chi connectivity index (χ4n) is 1.18. The lowest BCUT2D eigenvalue weighted by Gasteiger charge is -2.10. The van der Waals surface area contributed by atoms with Gasteiger partial charge in [-0.25, -0.2) is 0 Å². The number of hydrogen-bond donors (Lipinski definition) is 1. The zero-order valence-electron chi connectivity index (χ0n) is 9.20. The van der Waals surface area contributed by atoms with Gasteiger partial charge in [-0.15, -0.1) is 11.6 Å². The molecule has 1 unspecified atom stereocenters. The second-order valence-corrected chi connectivity index (χ2v) is 4.06. The number of ether oxygens (including phenoxy) is 2. The molecule has 1 aromatic carbocycles. The molecule has 0 aromatic heterocycles. The highest BCUT2D eigenvalue weighted by molar-refractivity contribution is 6.20. The minimum absolute atomic E-state index is 0.0980. The van der Waals surface area contributed by atoms with Gasteiger partial charge in [-0.2, -0.15) is 0 Å². The quantitative estimate of drug-likeness (QED) is 0.803. The molecule has 0 aliphatic rings. The van der Waals surface area contributed by atoms with E-state index in [0.717, 1.165) is 0 Å². The highest BCUT2D eigenvalue weighted by Gasteiger charge is 2.10. The Morgan fingerprint density at radius 1 is 1.56 bits per heavy atom. The molecule has 0 spiro atoms. The largest absolute Gasteiger partial charge is 0.496 e. The van der Waals surface area contributed by atoms with E-state index in [-0.39, 0.29) is 5.38 Å². The van der Waals surface area contributed by atoms with Crippen LogP contribution in [-0.4, -0.2) is 25.0 Å². The monoisotopic (exact) mass is 243 g/mol. The molecule has 4 nitrogen and oxygen atoms in total. The maximum Gasteiger partial charge on any atom is 0.252 e. The molecule has 0 bridgehead atoms. The lowest BCUT2D eigenvalue weighted by atomic mass is 10.2. The number of halogens is 1. The third-order valence-corrected chi connectivity index (χ3v) is 2.04. The van der Waals surface area contributed by atoms with E-state index >= 15 is 0 Å². The smallest absolute Gasteiger partial charge is 0.252 e. The van der Waals surface area contributed by atoms with Crippen molar-refractivity contribution in [1.29, 1.82) is 0 Å². The lowest BCUT2D eigenvalue weighted by molar-refractivity contribution is 0.0997. The average molecular weight is 244 g/mol. The fourth-order valence-corrected chi connectivity index (χ4v) is 1.24. The van der Waals surface area contributed by atoms with Crippen molar-refractivity contribution in [3.63, 3.8) is 0 Å². The van der Waals surface area contributed by atoms with Crippen LogP contribution < -0.4 is 15.2 Å². The Morgan fingerprint density at radius 2 is 2.25 bits per heavy atom. The molecule has 0 aliphatic carbocycles. The van der Waals surface area contributed by atoms with E-state index in [2.05, 4.69) is 0 Å². The lowest BCUT2D eigenvalue weighted by Crippen LogP contribution is -2.13. The fraction of sp³-hybridized carbons (Fsp3) is 0.364. The SMILES string of the molecule is COc1ccc(OCC(C)Cl)cc1C(N)=O. The number of primary amides is 1. The van der Waals surface area contributed by atoms with Gasteiger partial charge in [0.15, 0.2) is 0 Å². The molecular weight excluding hydrogens is 230 g/mol. The molecule has 16 heavy (non-hydrogen) atoms. The van der Waals surface area contributed by atoms with Crippen LogP contribution in [0.1, 0.15) is 17.3 Å². The van der Waals surface area contributed by atoms with Crippen LogP contribution in [0.4, 0.5) is 0 Å². The third kappa shape index (κ3) is 3.31. The number of methoxy groups -OCH3 is 1. The van der Waals surface area contributed by atoms with Crippen LogP contribution in [0.5, 0.6) is 11.5 Å². The van der Waals surface area contributed by atoms with Crippen LogP contribution in [0.25, 0.3) is 0 Å². The van der Waals surface area contributed by atoms with Crippen molar-refractivity contribution in [3.8, 4) is 11.5 Å². The van der Waals surface area contributed by atoms with E-state index in [4.69, 9.17) is 26.8 Å². The van der Waals surface area contributed by atoms with Crippen molar-refractivity contribution in [3.05, 3.63) is 23.8 Å². The Morgan fingerprint density at radius 3 is 2.75 bits per heavy atom. The van der Waals surface area contributed by atoms with Crippen LogP contribution in [0.15, 0.2) is 18.2 Å². The van der Waals surface area contributed by atoms with Crippen LogP contribution >= 0.6 is 11.6 Å². The number of alkyl halides is 1. The molecule has 2 N–H and O–H groups in total. The maximum absolute atomic E-state index is 11.1. The van der Waals surface area contributed by atoms with Gasteiger partial charge in [-0.05, 0) is 25.1 Å². The minimum Gasteiger partial charge on any atom is -0.496 e. The van der Waals surface area contributed by atoms with Crippen molar-refractivity contribution in [2.45, 2.75) is 12.3 Å². The topological polar surface area (TPSA) is 61.6 Å². The summed E-state index contributed by atoms with van der Waals surface area (Å²) < 4.78 is 10.4. The number of benzene rings is 1. The predicted molar refractivity (Wildman–Crippen MR) is 62.3 cm³/mol. The van der Waals surface area contributed by atoms with Gasteiger partial charge in [0.1, 0.15) is 18.1 Å². The van der Waals surface area contributed by atoms with E-state index in [9.17, 15) is 4.79 Å². The number of carbonyl (C=O) groups is 1. The molecule has 0 saturated carbocycles. The van der Waals surface area contributed by atoms with Crippen molar-refractivity contribution >= 4 is 17.5 Å². The Labute approximate surface area is 99.3 Å². The predicted octanol–water partition coefficient (Wildman–Crippen LogP) is 1.80. The van der Waals surface area contributed by atoms with Gasteiger partial charge in [0.05, 0.1) is 18.1 Å². The Balaban J connectivity index is 2.89. The first-order valence-electron chi connectivity index (χ1n) is 4.79. The van der Waals surface area contributed by atoms with Gasteiger partial charge in [-0.3, -0.25) is 4.79 Å². The summed E-state index contributed by atoms with van der Waals surface area (Å²) in [5, 5.41) is -0.0980. The number of rotatable bonds is 5. The minimum atomic E-state index is -0.554. The van der Waals surface area contributed by atoms with Crippen molar-refractivity contribution < 1.29 is 14.3 Å². The van der Waals surface area contributed by atoms with Crippen LogP contribution in [0.3, 0.4) is 0 Å². The van der Waals surface area contributed by atoms with Crippen molar-refractivity contribution in [1.82, 2.24) is 0 Å². The maximum atomic E-state index is 11.1. The Bertz CT molecular complexity index is 379. The van der Waals surface area contributed by atoms with Gasteiger partial charge >= 0.3 is 0 Å². The van der Waals surface area contributed by atoms with Crippen LogP contribution in [0, 0.1) is 0 Å². The molecule has 0 saturated heterocycles. The van der Waals surface area contributed by atoms with E-state index in [1.165, 1.54) is 7.11 Å². The molecule has 0 fully saturated rings. The molecule has 1 rings (SSSR count). The highest BCUT2D eigenvalue weighted by atomic mass is 35.5. The molecular formula is C11H14ClNO3. The van der Waals surface area contributed by atoms with Gasteiger partial charge < -0.3 is 15.2 Å². The summed E-state index contributed by atoms with van der Waals surface area (Å²) in [6.45, 7) is 2.19. The summed E-state index contributed by atoms with van der Waals surface area (Å²) in [5.41, 5.74) is 5.51. The second-order valence-electron chi connectivity index (χ2n) is 3.32. The summed E-state index contributed by atoms with van der Waals surface area (Å²) in [6.07, 6.45) is 0. The number of carbonyl (C=O) groups excluding carboxylic acids is 1. The van der Waals surface area contributed by atoms with E-state index in [1.807, 2.05) is 6.92 Å². The van der Waals surface area contributed by atoms with Crippen molar-refractivity contribution in [2.75, 3.05) is 13.7 Å². The van der Waals surface area contributed by atoms with Gasteiger partial charge in [0.25, 0.3) is 5.91 Å². The van der Waals surface area contributed by atoms with Gasteiger partial charge in [0, 0.05) is 0 Å². The Kier molecular flexibility index (Phi) is 4.43. The third-order valence-electron chi connectivity index (χ3n) is 1.92. The highest BCUT2D eigenvalue weighted by Crippen LogP contribution is 2.23. The van der Waals surface area contributed by atoms with E-state index < -0.39 is 5.91 Å². The zero-order valence-corrected chi connectivity index (χ0v) is 9.95. The van der Waals surface area contributed by atoms with E-state index in [1.54, 1.807) is 18.2 Å². The summed E-state index contributed by atoms with van der Waals surface area (Å²) >= 11 is 5.75. The first kappa shape index (κ1) is 12.6. The molecule has 5 heteroatoms. The van der Waals surface area contributed by atoms with Gasteiger partial charge in [0.2, 0.25) is 0 Å². The van der Waals surface area contributed by atoms with E-state index in [0.29, 0.717) is 23.7 Å². The number of amides is 1. The number of nitrogens with two attached hydrogens (primary N) is 1. The molecule has 88 valence electrons. The standard InChI is InChI=1S/C11H14ClNO3/c1-7(12)6-16-8-3-4-10(15-2)9(5-8)11(13)14/h3-5,7H,6H2,1-2H3,(H2,13,14). The normalized spacial score (nSPS) is 11.9. The second kappa shape index (κ2) is 5.61. The zero-order chi connectivity index (χ0) is 12.1. The Hall–Kier alpha value is -1.42. The summed E-state index contributed by atoms with van der Waals surface area (Å²) in [5.74, 6) is 0.419.